The minimum Gasteiger partial charge on any atom is -1.00 e. The maximum Gasteiger partial charge on any atom is 1.00 e. The zero-order chi connectivity index (χ0) is 12.0. The van der Waals surface area contributed by atoms with Gasteiger partial charge in [-0.25, -0.2) is 31.6 Å². The second-order valence-corrected chi connectivity index (χ2v) is 0. The molecule has 0 saturated heterocycles. The first-order valence-electron chi connectivity index (χ1n) is 1.55. The Hall–Kier alpha value is -0.502. The van der Waals surface area contributed by atoms with Crippen molar-refractivity contribution in [2.45, 2.75) is 7.43 Å². The quantitative estimate of drug-likeness (QED) is 0.475. The van der Waals surface area contributed by atoms with Gasteiger partial charge in [0, 0.05) is 90.6 Å². The second kappa shape index (κ2) is 13000. The first kappa shape index (κ1) is 131. The molecule has 0 bridgehead atoms. The van der Waals surface area contributed by atoms with Crippen molar-refractivity contribution in [3.8, 4) is 39.4 Å². The summed E-state index contributed by atoms with van der Waals surface area (Å²) in [4.78, 5) is 0. The van der Waals surface area contributed by atoms with Gasteiger partial charge in [0.05, 0.1) is 0 Å². The molecule has 0 aliphatic rings. The van der Waals surface area contributed by atoms with Gasteiger partial charge in [-0.2, -0.15) is 0 Å². The first-order valence-corrected chi connectivity index (χ1v) is 1.55. The molecule has 0 aromatic rings. The van der Waals surface area contributed by atoms with Crippen molar-refractivity contribution in [3.05, 3.63) is 0 Å². The largest absolute Gasteiger partial charge is 1.00 e. The summed E-state index contributed by atoms with van der Waals surface area (Å²) < 4.78 is 0. The van der Waals surface area contributed by atoms with Gasteiger partial charge in [0.25, 0.3) is 0 Å². The Morgan fingerprint density at radius 1 is 0.529 bits per heavy atom. The van der Waals surface area contributed by atoms with E-state index in [1.807, 2.05) is 0 Å². The maximum absolute atomic E-state index is 6.50. The predicted molar refractivity (Wildman–Crippen MR) is 47.9 cm³/mol. The summed E-state index contributed by atoms with van der Waals surface area (Å²) in [6.45, 7) is 21.0. The summed E-state index contributed by atoms with van der Waals surface area (Å²) >= 11 is 0. The van der Waals surface area contributed by atoms with Crippen molar-refractivity contribution in [2.75, 3.05) is 0 Å². The van der Waals surface area contributed by atoms with E-state index in [1.165, 1.54) is 0 Å². The summed E-state index contributed by atoms with van der Waals surface area (Å²) in [5, 5.41) is 39.0. The molecule has 0 aliphatic carbocycles. The van der Waals surface area contributed by atoms with E-state index in [2.05, 4.69) is 39.4 Å². The van der Waals surface area contributed by atoms with Crippen LogP contribution in [0.4, 0.5) is 0 Å². The summed E-state index contributed by atoms with van der Waals surface area (Å²) in [7, 11) is 0. The molecule has 0 spiro atoms. The average molecular weight is 377 g/mol. The van der Waals surface area contributed by atoms with Gasteiger partial charge in [-0.3, -0.25) is 0 Å². The van der Waals surface area contributed by atoms with Gasteiger partial charge in [0.1, 0.15) is 0 Å². The van der Waals surface area contributed by atoms with Gasteiger partial charge >= 0.3 is 29.6 Å². The van der Waals surface area contributed by atoms with E-state index < -0.39 is 0 Å². The molecule has 0 atom stereocenters. The van der Waals surface area contributed by atoms with Crippen LogP contribution in [0.15, 0.2) is 0 Å². The standard InChI is InChI=1S/6CHN.CH4.Cu.Fe.Mn.Na.H/c6*1-2;;;;;;/h6*1H;1H4;;;;;/q;;;;;;;;;;+1;-1. The van der Waals surface area contributed by atoms with Gasteiger partial charge < -0.3 is 1.43 Å². The van der Waals surface area contributed by atoms with Crippen LogP contribution in [0.1, 0.15) is 8.85 Å². The van der Waals surface area contributed by atoms with Gasteiger partial charge in [-0.15, -0.1) is 0 Å². The molecule has 0 fully saturated rings. The Morgan fingerprint density at radius 2 is 0.529 bits per heavy atom. The van der Waals surface area contributed by atoms with Crippen LogP contribution < -0.4 is 29.6 Å². The molecule has 0 heterocycles. The topological polar surface area (TPSA) is 143 Å². The summed E-state index contributed by atoms with van der Waals surface area (Å²) in [6, 6.07) is 0. The molecule has 0 amide bonds. The van der Waals surface area contributed by atoms with Gasteiger partial charge in [0.15, 0.2) is 0 Å². The van der Waals surface area contributed by atoms with E-state index in [-0.39, 0.29) is 89.6 Å². The SMILES string of the molecule is C.C#N.C#N.C#N.C#N.C#N.C#N.[Cu].[Fe].[H-].[Mn].[Na+]. The van der Waals surface area contributed by atoms with Crippen LogP contribution in [0.5, 0.6) is 0 Å². The summed E-state index contributed by atoms with van der Waals surface area (Å²) in [5.41, 5.74) is 0. The molecular formula is C7H11CuFeMnN6Na. The third kappa shape index (κ3) is 11200. The maximum atomic E-state index is 6.50. The zero-order valence-corrected chi connectivity index (χ0v) is 13.4. The molecule has 0 rings (SSSR count). The van der Waals surface area contributed by atoms with Crippen LogP contribution in [0.25, 0.3) is 0 Å². The normalized spacial score (nSPS) is 0.706. The number of nitriles is 6. The predicted octanol–water partition coefficient (Wildman–Crippen LogP) is -1.42. The van der Waals surface area contributed by atoms with Gasteiger partial charge in [-0.1, -0.05) is 7.43 Å². The molecule has 0 aliphatic heterocycles. The van der Waals surface area contributed by atoms with Crippen molar-refractivity contribution in [1.82, 2.24) is 0 Å². The van der Waals surface area contributed by atoms with E-state index in [1.54, 1.807) is 0 Å². The van der Waals surface area contributed by atoms with Gasteiger partial charge in [0.2, 0.25) is 0 Å². The Kier molecular flexibility index (Phi) is 99900. The van der Waals surface area contributed by atoms with E-state index in [0.717, 1.165) is 0 Å². The third-order valence-corrected chi connectivity index (χ3v) is 0. The minimum absolute atomic E-state index is 0. The number of hydrogen-bond donors (Lipinski definition) is 0. The minimum atomic E-state index is 0. The Bertz CT molecular complexity index is 115. The van der Waals surface area contributed by atoms with Crippen molar-refractivity contribution < 1.29 is 82.2 Å². The fourth-order valence-corrected chi connectivity index (χ4v) is 0. The summed E-state index contributed by atoms with van der Waals surface area (Å²) in [5.74, 6) is 0. The Morgan fingerprint density at radius 3 is 0.529 bits per heavy atom. The number of hydrogen-bond acceptors (Lipinski definition) is 6. The molecule has 17 heavy (non-hydrogen) atoms. The fraction of sp³-hybridized carbons (Fsp3) is 0.143. The fourth-order valence-electron chi connectivity index (χ4n) is 0. The van der Waals surface area contributed by atoms with Crippen LogP contribution in [-0.2, 0) is 51.2 Å². The van der Waals surface area contributed by atoms with E-state index in [4.69, 9.17) is 31.6 Å². The molecule has 0 saturated carbocycles. The molecule has 0 aromatic heterocycles. The monoisotopic (exact) mass is 376 g/mol. The van der Waals surface area contributed by atoms with Gasteiger partial charge in [-0.05, 0) is 0 Å². The Balaban J connectivity index is -0.00000000225. The second-order valence-electron chi connectivity index (χ2n) is 0. The molecular weight excluding hydrogens is 365 g/mol. The molecule has 10 heteroatoms. The van der Waals surface area contributed by atoms with Crippen LogP contribution in [0.3, 0.4) is 0 Å². The molecule has 2 radical (unpaired) electrons. The van der Waals surface area contributed by atoms with Crippen molar-refractivity contribution in [3.63, 3.8) is 0 Å². The van der Waals surface area contributed by atoms with Crippen molar-refractivity contribution in [1.29, 1.82) is 31.6 Å². The first-order chi connectivity index (χ1) is 6.00. The van der Waals surface area contributed by atoms with Crippen LogP contribution in [0, 0.1) is 71.0 Å². The van der Waals surface area contributed by atoms with Crippen LogP contribution >= 0.6 is 0 Å². The third-order valence-electron chi connectivity index (χ3n) is 0. The van der Waals surface area contributed by atoms with Crippen molar-refractivity contribution in [2.24, 2.45) is 0 Å². The van der Waals surface area contributed by atoms with Crippen LogP contribution in [-0.4, -0.2) is 0 Å². The van der Waals surface area contributed by atoms with E-state index in [0.29, 0.717) is 0 Å². The molecule has 0 unspecified atom stereocenters. The molecule has 0 aromatic carbocycles. The Labute approximate surface area is 159 Å². The molecule has 6 nitrogen and oxygen atoms in total. The van der Waals surface area contributed by atoms with Crippen molar-refractivity contribution >= 4 is 0 Å². The number of nitrogens with zero attached hydrogens (tertiary/aromatic N) is 6. The average Bonchev–Trinajstić information content (AvgIpc) is 2.33. The van der Waals surface area contributed by atoms with Crippen LogP contribution in [0.2, 0.25) is 0 Å². The van der Waals surface area contributed by atoms with E-state index >= 15 is 0 Å². The van der Waals surface area contributed by atoms with E-state index in [9.17, 15) is 0 Å². The molecule has 96 valence electrons. The number of rotatable bonds is 0. The summed E-state index contributed by atoms with van der Waals surface area (Å²) in [6.07, 6.45) is 0. The zero-order valence-electron chi connectivity index (χ0n) is 9.18. The molecule has 0 N–H and O–H groups in total. The smallest absolute Gasteiger partial charge is 1.00 e.